The minimum atomic E-state index is -0.0548. The van der Waals surface area contributed by atoms with Crippen molar-refractivity contribution >= 4 is 11.6 Å². The van der Waals surface area contributed by atoms with Crippen LogP contribution in [0.3, 0.4) is 0 Å². The summed E-state index contributed by atoms with van der Waals surface area (Å²) in [5.74, 6) is -0.0496. The number of anilines is 1. The highest BCUT2D eigenvalue weighted by Gasteiger charge is 2.20. The number of hydrogen-bond acceptors (Lipinski definition) is 5. The summed E-state index contributed by atoms with van der Waals surface area (Å²) in [5, 5.41) is 20.4. The fraction of sp³-hybridized carbons (Fsp3) is 0.500. The third-order valence-electron chi connectivity index (χ3n) is 3.97. The largest absolute Gasteiger partial charge is 0.390 e. The predicted molar refractivity (Wildman–Crippen MR) is 80.0 cm³/mol. The molecule has 2 aromatic rings. The lowest BCUT2D eigenvalue weighted by Crippen LogP contribution is -2.39. The normalized spacial score (nSPS) is 14.9. The highest BCUT2D eigenvalue weighted by atomic mass is 16.3. The van der Waals surface area contributed by atoms with E-state index in [0.29, 0.717) is 18.8 Å². The van der Waals surface area contributed by atoms with Gasteiger partial charge < -0.3 is 10.4 Å². The Bertz CT molecular complexity index is 690. The Morgan fingerprint density at radius 3 is 2.95 bits per heavy atom. The van der Waals surface area contributed by atoms with Crippen LogP contribution >= 0.6 is 0 Å². The number of nitrogens with one attached hydrogen (secondary N) is 1. The van der Waals surface area contributed by atoms with Crippen LogP contribution in [0.5, 0.6) is 0 Å². The molecule has 0 atom stereocenters. The lowest BCUT2D eigenvalue weighted by molar-refractivity contribution is -0.117. The van der Waals surface area contributed by atoms with Crippen molar-refractivity contribution in [3.8, 4) is 0 Å². The molecule has 2 N–H and O–H groups in total. The Labute approximate surface area is 128 Å². The first-order chi connectivity index (χ1) is 10.6. The number of amides is 1. The van der Waals surface area contributed by atoms with Crippen LogP contribution < -0.4 is 5.32 Å². The summed E-state index contributed by atoms with van der Waals surface area (Å²) in [7, 11) is 1.84. The first-order valence-corrected chi connectivity index (χ1v) is 7.24. The molecule has 0 unspecified atom stereocenters. The molecule has 0 aliphatic carbocycles. The monoisotopic (exact) mass is 304 g/mol. The average molecular weight is 304 g/mol. The molecule has 2 aromatic heterocycles. The van der Waals surface area contributed by atoms with E-state index in [0.717, 1.165) is 30.2 Å². The van der Waals surface area contributed by atoms with Gasteiger partial charge in [0.25, 0.3) is 0 Å². The van der Waals surface area contributed by atoms with Crippen LogP contribution in [-0.4, -0.2) is 48.6 Å². The summed E-state index contributed by atoms with van der Waals surface area (Å²) in [5.41, 5.74) is 3.38. The molecule has 0 bridgehead atoms. The number of carbonyl (C=O) groups excluding carboxylic acids is 1. The Kier molecular flexibility index (Phi) is 3.95. The zero-order chi connectivity index (χ0) is 15.7. The second-order valence-electron chi connectivity index (χ2n) is 5.53. The number of aliphatic hydroxyl groups is 1. The minimum Gasteiger partial charge on any atom is -0.390 e. The van der Waals surface area contributed by atoms with Crippen LogP contribution in [0.15, 0.2) is 12.3 Å². The van der Waals surface area contributed by atoms with Crippen LogP contribution in [-0.2, 0) is 31.5 Å². The maximum Gasteiger partial charge on any atom is 0.238 e. The number of aryl methyl sites for hydroxylation is 1. The highest BCUT2D eigenvalue weighted by Crippen LogP contribution is 2.15. The molecule has 1 aliphatic rings. The van der Waals surface area contributed by atoms with Crippen molar-refractivity contribution in [2.24, 2.45) is 7.05 Å². The van der Waals surface area contributed by atoms with Gasteiger partial charge in [-0.3, -0.25) is 19.1 Å². The molecule has 0 spiro atoms. The predicted octanol–water partition coefficient (Wildman–Crippen LogP) is -0.128. The van der Waals surface area contributed by atoms with E-state index in [4.69, 9.17) is 5.11 Å². The third-order valence-corrected chi connectivity index (χ3v) is 3.97. The van der Waals surface area contributed by atoms with Gasteiger partial charge in [0, 0.05) is 20.1 Å². The molecule has 0 saturated carbocycles. The maximum absolute atomic E-state index is 12.2. The van der Waals surface area contributed by atoms with E-state index >= 15 is 0 Å². The van der Waals surface area contributed by atoms with Crippen molar-refractivity contribution in [2.45, 2.75) is 26.6 Å². The molecule has 1 aliphatic heterocycles. The van der Waals surface area contributed by atoms with E-state index in [-0.39, 0.29) is 12.5 Å². The topological polar surface area (TPSA) is 88.2 Å². The van der Waals surface area contributed by atoms with E-state index in [2.05, 4.69) is 20.4 Å². The number of carbonyl (C=O) groups is 1. The van der Waals surface area contributed by atoms with Gasteiger partial charge in [-0.1, -0.05) is 0 Å². The summed E-state index contributed by atoms with van der Waals surface area (Å²) in [4.78, 5) is 14.2. The smallest absolute Gasteiger partial charge is 0.238 e. The Morgan fingerprint density at radius 1 is 1.45 bits per heavy atom. The Balaban J connectivity index is 1.59. The fourth-order valence-electron chi connectivity index (χ4n) is 2.61. The summed E-state index contributed by atoms with van der Waals surface area (Å²) in [6.07, 6.45) is 1.66. The van der Waals surface area contributed by atoms with Crippen LogP contribution in [0.4, 0.5) is 5.69 Å². The average Bonchev–Trinajstić information content (AvgIpc) is 3.04. The first-order valence-electron chi connectivity index (χ1n) is 7.24. The van der Waals surface area contributed by atoms with Crippen LogP contribution in [0.1, 0.15) is 17.1 Å². The SMILES string of the molecule is Cc1c(NC(=O)CN2CCn3nc(CO)cc3C2)cnn1C. The van der Waals surface area contributed by atoms with Crippen LogP contribution in [0, 0.1) is 6.92 Å². The zero-order valence-corrected chi connectivity index (χ0v) is 12.8. The molecule has 118 valence electrons. The van der Waals surface area contributed by atoms with E-state index in [1.54, 1.807) is 10.9 Å². The van der Waals surface area contributed by atoms with Gasteiger partial charge in [-0.25, -0.2) is 0 Å². The number of hydrogen-bond donors (Lipinski definition) is 2. The van der Waals surface area contributed by atoms with Gasteiger partial charge >= 0.3 is 0 Å². The van der Waals surface area contributed by atoms with Crippen molar-refractivity contribution in [3.63, 3.8) is 0 Å². The lowest BCUT2D eigenvalue weighted by Gasteiger charge is -2.26. The number of aliphatic hydroxyl groups excluding tert-OH is 1. The number of nitrogens with zero attached hydrogens (tertiary/aromatic N) is 5. The van der Waals surface area contributed by atoms with Gasteiger partial charge in [-0.2, -0.15) is 10.2 Å². The maximum atomic E-state index is 12.2. The van der Waals surface area contributed by atoms with Crippen molar-refractivity contribution in [1.82, 2.24) is 24.5 Å². The molecule has 0 aromatic carbocycles. The van der Waals surface area contributed by atoms with E-state index < -0.39 is 0 Å². The Morgan fingerprint density at radius 2 is 2.27 bits per heavy atom. The van der Waals surface area contributed by atoms with Gasteiger partial charge in [0.05, 0.1) is 48.7 Å². The summed E-state index contributed by atoms with van der Waals surface area (Å²) in [6.45, 7) is 4.34. The van der Waals surface area contributed by atoms with Crippen molar-refractivity contribution in [1.29, 1.82) is 0 Å². The van der Waals surface area contributed by atoms with Crippen LogP contribution in [0.25, 0.3) is 0 Å². The molecular weight excluding hydrogens is 284 g/mol. The molecule has 22 heavy (non-hydrogen) atoms. The number of fused-ring (bicyclic) bond motifs is 1. The standard InChI is InChI=1S/C14H20N6O2/c1-10-13(6-15-18(10)2)16-14(22)8-19-3-4-20-12(7-19)5-11(9-21)17-20/h5-6,21H,3-4,7-9H2,1-2H3,(H,16,22). The second kappa shape index (κ2) is 5.90. The van der Waals surface area contributed by atoms with E-state index in [1.807, 2.05) is 24.7 Å². The van der Waals surface area contributed by atoms with Gasteiger partial charge in [0.15, 0.2) is 0 Å². The molecular formula is C14H20N6O2. The number of aromatic nitrogens is 4. The van der Waals surface area contributed by atoms with Gasteiger partial charge in [0.2, 0.25) is 5.91 Å². The van der Waals surface area contributed by atoms with Gasteiger partial charge in [0.1, 0.15) is 0 Å². The summed E-state index contributed by atoms with van der Waals surface area (Å²) >= 11 is 0. The molecule has 0 radical (unpaired) electrons. The quantitative estimate of drug-likeness (QED) is 0.821. The second-order valence-corrected chi connectivity index (χ2v) is 5.53. The fourth-order valence-corrected chi connectivity index (χ4v) is 2.61. The molecule has 0 saturated heterocycles. The summed E-state index contributed by atoms with van der Waals surface area (Å²) in [6, 6.07) is 1.88. The molecule has 0 fully saturated rings. The van der Waals surface area contributed by atoms with Gasteiger partial charge in [-0.15, -0.1) is 0 Å². The van der Waals surface area contributed by atoms with Crippen molar-refractivity contribution in [3.05, 3.63) is 29.3 Å². The zero-order valence-electron chi connectivity index (χ0n) is 12.8. The number of rotatable bonds is 4. The van der Waals surface area contributed by atoms with Crippen molar-refractivity contribution in [2.75, 3.05) is 18.4 Å². The minimum absolute atomic E-state index is 0.0496. The molecule has 8 heteroatoms. The highest BCUT2D eigenvalue weighted by molar-refractivity contribution is 5.92. The van der Waals surface area contributed by atoms with E-state index in [1.165, 1.54) is 0 Å². The molecule has 3 heterocycles. The lowest BCUT2D eigenvalue weighted by atomic mass is 10.2. The third kappa shape index (κ3) is 2.88. The molecule has 8 nitrogen and oxygen atoms in total. The van der Waals surface area contributed by atoms with Gasteiger partial charge in [-0.05, 0) is 13.0 Å². The summed E-state index contributed by atoms with van der Waals surface area (Å²) < 4.78 is 3.62. The van der Waals surface area contributed by atoms with Crippen molar-refractivity contribution < 1.29 is 9.90 Å². The first kappa shape index (κ1) is 14.7. The van der Waals surface area contributed by atoms with E-state index in [9.17, 15) is 4.79 Å². The Hall–Kier alpha value is -2.19. The molecule has 1 amide bonds. The van der Waals surface area contributed by atoms with Crippen LogP contribution in [0.2, 0.25) is 0 Å². The molecule has 3 rings (SSSR count).